The molecule has 0 spiro atoms. The fraction of sp³-hybridized carbons (Fsp3) is 1.00. The molecule has 94 valence electrons. The van der Waals surface area contributed by atoms with Gasteiger partial charge in [-0.3, -0.25) is 0 Å². The second-order valence-corrected chi connectivity index (χ2v) is 4.73. The molecule has 4 nitrogen and oxygen atoms in total. The molecule has 0 aromatic rings. The predicted molar refractivity (Wildman–Crippen MR) is 54.6 cm³/mol. The Morgan fingerprint density at radius 2 is 0.933 bits per heavy atom. The van der Waals surface area contributed by atoms with Crippen LogP contribution in [0.25, 0.3) is 0 Å². The van der Waals surface area contributed by atoms with Gasteiger partial charge >= 0.3 is 25.3 Å². The Morgan fingerprint density at radius 3 is 0.933 bits per heavy atom. The van der Waals surface area contributed by atoms with Crippen molar-refractivity contribution in [1.29, 1.82) is 0 Å². The van der Waals surface area contributed by atoms with E-state index in [0.717, 1.165) is 12.8 Å². The van der Waals surface area contributed by atoms with Gasteiger partial charge in [0.25, 0.3) is 0 Å². The summed E-state index contributed by atoms with van der Waals surface area (Å²) in [5, 5.41) is 17.7. The fourth-order valence-electron chi connectivity index (χ4n) is 0. The standard InChI is InChI=1S/2C5H12O.Mo.2O/c2*1-4-5(2,3)6;;;/h2*6H,4H2,1-3H3;;;. The van der Waals surface area contributed by atoms with Gasteiger partial charge in [-0.25, -0.2) is 0 Å². The van der Waals surface area contributed by atoms with Crippen LogP contribution in [-0.2, 0) is 25.3 Å². The van der Waals surface area contributed by atoms with Gasteiger partial charge in [-0.05, 0) is 40.5 Å². The van der Waals surface area contributed by atoms with Crippen LogP contribution in [0.2, 0.25) is 0 Å². The SMILES string of the molecule is CCC(C)(C)O.CCC(C)(C)O.[O]=[Mo]=[O]. The van der Waals surface area contributed by atoms with Crippen molar-refractivity contribution < 1.29 is 35.5 Å². The molecular formula is C10H24MoO4. The molecule has 0 aromatic heterocycles. The third-order valence-electron chi connectivity index (χ3n) is 1.73. The van der Waals surface area contributed by atoms with Crippen molar-refractivity contribution in [3.63, 3.8) is 0 Å². The van der Waals surface area contributed by atoms with E-state index in [1.807, 2.05) is 13.8 Å². The molecule has 2 N–H and O–H groups in total. The summed E-state index contributed by atoms with van der Waals surface area (Å²) < 4.78 is 17.0. The minimum absolute atomic E-state index is 0.458. The van der Waals surface area contributed by atoms with Crippen LogP contribution in [0.5, 0.6) is 0 Å². The molecule has 5 heteroatoms. The van der Waals surface area contributed by atoms with Gasteiger partial charge in [-0.1, -0.05) is 13.8 Å². The molecule has 0 aliphatic heterocycles. The number of rotatable bonds is 2. The maximum absolute atomic E-state index is 8.83. The zero-order valence-electron chi connectivity index (χ0n) is 10.5. The second-order valence-electron chi connectivity index (χ2n) is 4.40. The quantitative estimate of drug-likeness (QED) is 0.766. The third kappa shape index (κ3) is 54.9. The third-order valence-corrected chi connectivity index (χ3v) is 1.73. The zero-order valence-corrected chi connectivity index (χ0v) is 12.5. The van der Waals surface area contributed by atoms with Crippen LogP contribution < -0.4 is 0 Å². The first-order chi connectivity index (χ1) is 6.54. The van der Waals surface area contributed by atoms with Crippen LogP contribution in [-0.4, -0.2) is 21.4 Å². The molecule has 0 fully saturated rings. The first kappa shape index (κ1) is 20.6. The van der Waals surface area contributed by atoms with Gasteiger partial charge in [0.05, 0.1) is 11.2 Å². The van der Waals surface area contributed by atoms with E-state index in [2.05, 4.69) is 0 Å². The predicted octanol–water partition coefficient (Wildman–Crippen LogP) is 2.09. The fourth-order valence-corrected chi connectivity index (χ4v) is 0. The van der Waals surface area contributed by atoms with E-state index in [-0.39, 0.29) is 0 Å². The molecular weight excluding hydrogens is 280 g/mol. The molecule has 0 atom stereocenters. The van der Waals surface area contributed by atoms with Gasteiger partial charge in [-0.2, -0.15) is 0 Å². The molecule has 0 heterocycles. The summed E-state index contributed by atoms with van der Waals surface area (Å²) in [7, 11) is 0. The monoisotopic (exact) mass is 306 g/mol. The summed E-state index contributed by atoms with van der Waals surface area (Å²) in [6.07, 6.45) is 1.65. The molecule has 0 unspecified atom stereocenters. The molecule has 15 heavy (non-hydrogen) atoms. The first-order valence-electron chi connectivity index (χ1n) is 4.90. The molecule has 0 aliphatic rings. The van der Waals surface area contributed by atoms with E-state index >= 15 is 0 Å². The molecule has 0 saturated heterocycles. The Balaban J connectivity index is -0.000000153. The summed E-state index contributed by atoms with van der Waals surface area (Å²) in [4.78, 5) is 0. The average molecular weight is 304 g/mol. The molecule has 0 rings (SSSR count). The molecule has 0 aliphatic carbocycles. The van der Waals surface area contributed by atoms with Crippen LogP contribution in [0.3, 0.4) is 0 Å². The zero-order chi connectivity index (χ0) is 13.1. The van der Waals surface area contributed by atoms with Crippen LogP contribution >= 0.6 is 0 Å². The Kier molecular flexibility index (Phi) is 14.7. The topological polar surface area (TPSA) is 74.6 Å². The van der Waals surface area contributed by atoms with Gasteiger partial charge in [-0.15, -0.1) is 0 Å². The Morgan fingerprint density at radius 1 is 0.867 bits per heavy atom. The number of hydrogen-bond acceptors (Lipinski definition) is 4. The van der Waals surface area contributed by atoms with Crippen LogP contribution in [0.15, 0.2) is 0 Å². The molecule has 0 saturated carbocycles. The van der Waals surface area contributed by atoms with E-state index in [1.165, 1.54) is 0 Å². The average Bonchev–Trinajstić information content (AvgIpc) is 2.04. The normalized spacial score (nSPS) is 10.4. The second kappa shape index (κ2) is 10.7. The van der Waals surface area contributed by atoms with Crippen LogP contribution in [0, 0.1) is 0 Å². The van der Waals surface area contributed by atoms with Gasteiger partial charge in [0.1, 0.15) is 0 Å². The van der Waals surface area contributed by atoms with E-state index < -0.39 is 29.7 Å². The van der Waals surface area contributed by atoms with Crippen LogP contribution in [0.4, 0.5) is 0 Å². The van der Waals surface area contributed by atoms with Crippen molar-refractivity contribution in [2.24, 2.45) is 0 Å². The summed E-state index contributed by atoms with van der Waals surface area (Å²) in [6, 6.07) is 0. The summed E-state index contributed by atoms with van der Waals surface area (Å²) >= 11 is -2.03. The van der Waals surface area contributed by atoms with Gasteiger partial charge in [0.2, 0.25) is 0 Å². The van der Waals surface area contributed by atoms with E-state index in [4.69, 9.17) is 17.0 Å². The molecule has 0 bridgehead atoms. The summed E-state index contributed by atoms with van der Waals surface area (Å²) in [5.74, 6) is 0. The Hall–Kier alpha value is 0.208. The Bertz CT molecular complexity index is 147. The van der Waals surface area contributed by atoms with E-state index in [0.29, 0.717) is 0 Å². The first-order valence-corrected chi connectivity index (χ1v) is 6.54. The number of hydrogen-bond donors (Lipinski definition) is 2. The Labute approximate surface area is 101 Å². The maximum atomic E-state index is 8.83. The van der Waals surface area contributed by atoms with Gasteiger partial charge < -0.3 is 10.2 Å². The van der Waals surface area contributed by atoms with Crippen molar-refractivity contribution in [3.8, 4) is 0 Å². The summed E-state index contributed by atoms with van der Waals surface area (Å²) in [6.45, 7) is 11.1. The van der Waals surface area contributed by atoms with E-state index in [9.17, 15) is 0 Å². The molecule has 0 radical (unpaired) electrons. The van der Waals surface area contributed by atoms with Crippen molar-refractivity contribution >= 4 is 0 Å². The van der Waals surface area contributed by atoms with Crippen molar-refractivity contribution in [2.75, 3.05) is 0 Å². The van der Waals surface area contributed by atoms with Crippen molar-refractivity contribution in [3.05, 3.63) is 0 Å². The van der Waals surface area contributed by atoms with Crippen LogP contribution in [0.1, 0.15) is 54.4 Å². The van der Waals surface area contributed by atoms with Gasteiger partial charge in [0, 0.05) is 0 Å². The minimum atomic E-state index is -2.03. The van der Waals surface area contributed by atoms with Crippen molar-refractivity contribution in [2.45, 2.75) is 65.6 Å². The molecule has 0 amide bonds. The summed E-state index contributed by atoms with van der Waals surface area (Å²) in [5.41, 5.74) is -0.917. The molecule has 0 aromatic carbocycles. The van der Waals surface area contributed by atoms with E-state index in [1.54, 1.807) is 27.7 Å². The van der Waals surface area contributed by atoms with Gasteiger partial charge in [0.15, 0.2) is 0 Å². The number of aliphatic hydroxyl groups is 2. The van der Waals surface area contributed by atoms with Crippen molar-refractivity contribution in [1.82, 2.24) is 0 Å².